The number of aryl methyl sites for hydroxylation is 1. The Morgan fingerprint density at radius 1 is 1.23 bits per heavy atom. The van der Waals surface area contributed by atoms with Gasteiger partial charge in [-0.1, -0.05) is 0 Å². The molecule has 1 amide bonds. The van der Waals surface area contributed by atoms with Crippen LogP contribution in [0.1, 0.15) is 24.8 Å². The SMILES string of the molecule is O=C(CN1CCOCC1)N1CCC[C@@H]1CCc1ccncc1. The van der Waals surface area contributed by atoms with E-state index in [0.717, 1.165) is 58.5 Å². The lowest BCUT2D eigenvalue weighted by atomic mass is 10.0. The third kappa shape index (κ3) is 4.05. The van der Waals surface area contributed by atoms with Crippen molar-refractivity contribution in [2.75, 3.05) is 39.4 Å². The van der Waals surface area contributed by atoms with Crippen LogP contribution < -0.4 is 0 Å². The topological polar surface area (TPSA) is 45.7 Å². The highest BCUT2D eigenvalue weighted by molar-refractivity contribution is 5.78. The lowest BCUT2D eigenvalue weighted by Crippen LogP contribution is -2.46. The Morgan fingerprint density at radius 2 is 2.00 bits per heavy atom. The Labute approximate surface area is 132 Å². The van der Waals surface area contributed by atoms with Crippen molar-refractivity contribution in [2.24, 2.45) is 0 Å². The van der Waals surface area contributed by atoms with E-state index >= 15 is 0 Å². The molecular formula is C17H25N3O2. The van der Waals surface area contributed by atoms with Crippen LogP contribution in [0, 0.1) is 0 Å². The molecule has 2 aliphatic rings. The van der Waals surface area contributed by atoms with Gasteiger partial charge in [0.05, 0.1) is 19.8 Å². The first kappa shape index (κ1) is 15.4. The van der Waals surface area contributed by atoms with Gasteiger partial charge in [-0.15, -0.1) is 0 Å². The van der Waals surface area contributed by atoms with Crippen LogP contribution in [0.25, 0.3) is 0 Å². The van der Waals surface area contributed by atoms with Gasteiger partial charge in [-0.2, -0.15) is 0 Å². The summed E-state index contributed by atoms with van der Waals surface area (Å²) in [6.45, 7) is 4.72. The summed E-state index contributed by atoms with van der Waals surface area (Å²) in [4.78, 5) is 20.9. The van der Waals surface area contributed by atoms with Crippen LogP contribution in [-0.4, -0.2) is 66.1 Å². The Balaban J connectivity index is 1.50. The van der Waals surface area contributed by atoms with E-state index in [1.54, 1.807) is 0 Å². The predicted molar refractivity (Wildman–Crippen MR) is 84.6 cm³/mol. The van der Waals surface area contributed by atoms with E-state index in [2.05, 4.69) is 26.9 Å². The van der Waals surface area contributed by atoms with Gasteiger partial charge < -0.3 is 9.64 Å². The monoisotopic (exact) mass is 303 g/mol. The van der Waals surface area contributed by atoms with E-state index in [9.17, 15) is 4.79 Å². The second-order valence-corrected chi connectivity index (χ2v) is 6.17. The molecule has 5 heteroatoms. The van der Waals surface area contributed by atoms with Crippen LogP contribution in [0.15, 0.2) is 24.5 Å². The number of nitrogens with zero attached hydrogens (tertiary/aromatic N) is 3. The van der Waals surface area contributed by atoms with Gasteiger partial charge in [0, 0.05) is 38.1 Å². The average Bonchev–Trinajstić information content (AvgIpc) is 3.03. The molecule has 3 rings (SSSR count). The summed E-state index contributed by atoms with van der Waals surface area (Å²) in [6.07, 6.45) is 8.03. The number of amides is 1. The molecule has 3 heterocycles. The summed E-state index contributed by atoms with van der Waals surface area (Å²) in [5.74, 6) is 0.291. The molecule has 0 N–H and O–H groups in total. The molecule has 5 nitrogen and oxygen atoms in total. The maximum Gasteiger partial charge on any atom is 0.236 e. The molecule has 0 aromatic carbocycles. The minimum atomic E-state index is 0.291. The molecule has 0 radical (unpaired) electrons. The Kier molecular flexibility index (Phi) is 5.40. The second kappa shape index (κ2) is 7.70. The fourth-order valence-electron chi connectivity index (χ4n) is 3.39. The number of hydrogen-bond donors (Lipinski definition) is 0. The number of rotatable bonds is 5. The molecular weight excluding hydrogens is 278 g/mol. The maximum absolute atomic E-state index is 12.6. The highest BCUT2D eigenvalue weighted by Gasteiger charge is 2.29. The summed E-state index contributed by atoms with van der Waals surface area (Å²) < 4.78 is 5.34. The zero-order chi connectivity index (χ0) is 15.2. The van der Waals surface area contributed by atoms with Gasteiger partial charge in [-0.05, 0) is 43.4 Å². The molecule has 1 aromatic heterocycles. The van der Waals surface area contributed by atoms with Crippen molar-refractivity contribution < 1.29 is 9.53 Å². The van der Waals surface area contributed by atoms with Gasteiger partial charge in [0.1, 0.15) is 0 Å². The first-order chi connectivity index (χ1) is 10.8. The van der Waals surface area contributed by atoms with E-state index < -0.39 is 0 Å². The number of hydrogen-bond acceptors (Lipinski definition) is 4. The minimum Gasteiger partial charge on any atom is -0.379 e. The smallest absolute Gasteiger partial charge is 0.236 e. The van der Waals surface area contributed by atoms with Crippen LogP contribution in [0.3, 0.4) is 0 Å². The van der Waals surface area contributed by atoms with Gasteiger partial charge in [0.15, 0.2) is 0 Å². The van der Waals surface area contributed by atoms with E-state index in [0.29, 0.717) is 18.5 Å². The number of carbonyl (C=O) groups is 1. The number of aromatic nitrogens is 1. The Morgan fingerprint density at radius 3 is 2.77 bits per heavy atom. The summed E-state index contributed by atoms with van der Waals surface area (Å²) >= 11 is 0. The van der Waals surface area contributed by atoms with Gasteiger partial charge in [-0.25, -0.2) is 0 Å². The number of likely N-dealkylation sites (tertiary alicyclic amines) is 1. The number of ether oxygens (including phenoxy) is 1. The van der Waals surface area contributed by atoms with Gasteiger partial charge >= 0.3 is 0 Å². The lowest BCUT2D eigenvalue weighted by Gasteiger charge is -2.30. The van der Waals surface area contributed by atoms with Crippen molar-refractivity contribution in [3.63, 3.8) is 0 Å². The van der Waals surface area contributed by atoms with Crippen molar-refractivity contribution in [3.05, 3.63) is 30.1 Å². The number of morpholine rings is 1. The van der Waals surface area contributed by atoms with Crippen molar-refractivity contribution in [1.29, 1.82) is 0 Å². The van der Waals surface area contributed by atoms with Crippen LogP contribution in [-0.2, 0) is 16.0 Å². The molecule has 0 saturated carbocycles. The van der Waals surface area contributed by atoms with E-state index in [-0.39, 0.29) is 0 Å². The molecule has 0 aliphatic carbocycles. The van der Waals surface area contributed by atoms with Crippen LogP contribution in [0.2, 0.25) is 0 Å². The van der Waals surface area contributed by atoms with E-state index in [1.807, 2.05) is 12.4 Å². The first-order valence-electron chi connectivity index (χ1n) is 8.31. The van der Waals surface area contributed by atoms with Crippen molar-refractivity contribution >= 4 is 5.91 Å². The molecule has 0 spiro atoms. The second-order valence-electron chi connectivity index (χ2n) is 6.17. The highest BCUT2D eigenvalue weighted by atomic mass is 16.5. The normalized spacial score (nSPS) is 22.9. The molecule has 0 bridgehead atoms. The molecule has 2 fully saturated rings. The summed E-state index contributed by atoms with van der Waals surface area (Å²) in [5, 5.41) is 0. The number of carbonyl (C=O) groups excluding carboxylic acids is 1. The largest absolute Gasteiger partial charge is 0.379 e. The fraction of sp³-hybridized carbons (Fsp3) is 0.647. The van der Waals surface area contributed by atoms with Gasteiger partial charge in [0.25, 0.3) is 0 Å². The molecule has 1 atom stereocenters. The number of pyridine rings is 1. The van der Waals surface area contributed by atoms with Crippen molar-refractivity contribution in [2.45, 2.75) is 31.7 Å². The van der Waals surface area contributed by atoms with E-state index in [4.69, 9.17) is 4.74 Å². The molecule has 2 saturated heterocycles. The van der Waals surface area contributed by atoms with Crippen molar-refractivity contribution in [3.8, 4) is 0 Å². The fourth-order valence-corrected chi connectivity index (χ4v) is 3.39. The lowest BCUT2D eigenvalue weighted by molar-refractivity contribution is -0.134. The molecule has 22 heavy (non-hydrogen) atoms. The van der Waals surface area contributed by atoms with Gasteiger partial charge in [-0.3, -0.25) is 14.7 Å². The quantitative estimate of drug-likeness (QED) is 0.823. The van der Waals surface area contributed by atoms with Crippen LogP contribution in [0.4, 0.5) is 0 Å². The predicted octanol–water partition coefficient (Wildman–Crippen LogP) is 1.34. The Bertz CT molecular complexity index is 474. The first-order valence-corrected chi connectivity index (χ1v) is 8.31. The summed E-state index contributed by atoms with van der Waals surface area (Å²) in [5.41, 5.74) is 1.31. The third-order valence-electron chi connectivity index (χ3n) is 4.68. The summed E-state index contributed by atoms with van der Waals surface area (Å²) in [7, 11) is 0. The zero-order valence-corrected chi connectivity index (χ0v) is 13.1. The molecule has 1 aromatic rings. The third-order valence-corrected chi connectivity index (χ3v) is 4.68. The van der Waals surface area contributed by atoms with E-state index in [1.165, 1.54) is 5.56 Å². The summed E-state index contributed by atoms with van der Waals surface area (Å²) in [6, 6.07) is 4.53. The average molecular weight is 303 g/mol. The van der Waals surface area contributed by atoms with Crippen molar-refractivity contribution in [1.82, 2.24) is 14.8 Å². The Hall–Kier alpha value is -1.46. The molecule has 0 unspecified atom stereocenters. The van der Waals surface area contributed by atoms with Gasteiger partial charge in [0.2, 0.25) is 5.91 Å². The van der Waals surface area contributed by atoms with Crippen LogP contribution >= 0.6 is 0 Å². The molecule has 120 valence electrons. The molecule has 2 aliphatic heterocycles. The standard InChI is InChI=1S/C17H25N3O2/c21-17(14-19-10-12-22-13-11-19)20-9-1-2-16(20)4-3-15-5-7-18-8-6-15/h5-8,16H,1-4,9-14H2/t16-/m1/s1. The zero-order valence-electron chi connectivity index (χ0n) is 13.1. The highest BCUT2D eigenvalue weighted by Crippen LogP contribution is 2.22. The maximum atomic E-state index is 12.6. The minimum absolute atomic E-state index is 0.291. The van der Waals surface area contributed by atoms with Crippen LogP contribution in [0.5, 0.6) is 0 Å².